The van der Waals surface area contributed by atoms with Gasteiger partial charge >= 0.3 is 0 Å². The summed E-state index contributed by atoms with van der Waals surface area (Å²) in [6, 6.07) is 0.179. The molecule has 2 atom stereocenters. The van der Waals surface area contributed by atoms with E-state index in [9.17, 15) is 9.90 Å². The third kappa shape index (κ3) is 4.33. The van der Waals surface area contributed by atoms with Gasteiger partial charge in [-0.1, -0.05) is 0 Å². The van der Waals surface area contributed by atoms with Crippen LogP contribution in [-0.4, -0.2) is 89.2 Å². The zero-order valence-electron chi connectivity index (χ0n) is 14.6. The smallest absolute Gasteiger partial charge is 0.228 e. The zero-order chi connectivity index (χ0) is 17.1. The summed E-state index contributed by atoms with van der Waals surface area (Å²) >= 11 is 1.58. The molecule has 0 aliphatic carbocycles. The van der Waals surface area contributed by atoms with Crippen molar-refractivity contribution in [1.82, 2.24) is 19.7 Å². The Labute approximate surface area is 148 Å². The van der Waals surface area contributed by atoms with Crippen LogP contribution in [0, 0.1) is 6.92 Å². The molecule has 2 aliphatic heterocycles. The molecule has 1 amide bonds. The summed E-state index contributed by atoms with van der Waals surface area (Å²) < 4.78 is 0. The highest BCUT2D eigenvalue weighted by Crippen LogP contribution is 2.20. The van der Waals surface area contributed by atoms with Gasteiger partial charge in [-0.3, -0.25) is 9.69 Å². The number of carbonyl (C=O) groups is 1. The summed E-state index contributed by atoms with van der Waals surface area (Å²) in [5, 5.41) is 13.5. The number of aliphatic hydroxyl groups is 1. The molecule has 0 radical (unpaired) electrons. The molecule has 2 saturated heterocycles. The molecule has 2 aliphatic rings. The first-order valence-electron chi connectivity index (χ1n) is 8.82. The van der Waals surface area contributed by atoms with Crippen LogP contribution < -0.4 is 0 Å². The van der Waals surface area contributed by atoms with Gasteiger partial charge in [0.15, 0.2) is 0 Å². The number of aryl methyl sites for hydroxylation is 1. The van der Waals surface area contributed by atoms with Gasteiger partial charge in [-0.2, -0.15) is 0 Å². The summed E-state index contributed by atoms with van der Waals surface area (Å²) in [4.78, 5) is 23.6. The third-order valence-electron chi connectivity index (χ3n) is 5.19. The van der Waals surface area contributed by atoms with Gasteiger partial charge in [0.25, 0.3) is 0 Å². The molecule has 24 heavy (non-hydrogen) atoms. The minimum Gasteiger partial charge on any atom is -0.391 e. The molecule has 7 heteroatoms. The number of piperazine rings is 1. The van der Waals surface area contributed by atoms with E-state index in [0.717, 1.165) is 49.8 Å². The maximum absolute atomic E-state index is 12.6. The summed E-state index contributed by atoms with van der Waals surface area (Å²) in [6.07, 6.45) is 1.55. The standard InChI is InChI=1S/C17H28N4O2S/c1-13-18-14(12-24-13)11-17(23)21-5-3-15(16(22)4-6-21)20-9-7-19(2)8-10-20/h12,15-16,22H,3-11H2,1-2H3/t15-,16-/m0/s1. The number of hydrogen-bond donors (Lipinski definition) is 1. The number of likely N-dealkylation sites (tertiary alicyclic amines) is 1. The van der Waals surface area contributed by atoms with Crippen molar-refractivity contribution in [3.05, 3.63) is 16.1 Å². The van der Waals surface area contributed by atoms with Crippen LogP contribution in [0.25, 0.3) is 0 Å². The lowest BCUT2D eigenvalue weighted by Crippen LogP contribution is -2.52. The third-order valence-corrected chi connectivity index (χ3v) is 6.01. The van der Waals surface area contributed by atoms with E-state index in [0.29, 0.717) is 19.4 Å². The van der Waals surface area contributed by atoms with Gasteiger partial charge in [0.1, 0.15) is 0 Å². The molecule has 2 fully saturated rings. The Morgan fingerprint density at radius 1 is 1.25 bits per heavy atom. The van der Waals surface area contributed by atoms with Crippen LogP contribution in [0.1, 0.15) is 23.5 Å². The largest absolute Gasteiger partial charge is 0.391 e. The molecule has 1 aromatic heterocycles. The number of aliphatic hydroxyl groups excluding tert-OH is 1. The molecule has 0 spiro atoms. The number of aromatic nitrogens is 1. The van der Waals surface area contributed by atoms with Gasteiger partial charge in [-0.15, -0.1) is 11.3 Å². The Morgan fingerprint density at radius 2 is 1.96 bits per heavy atom. The normalized spacial score (nSPS) is 27.2. The number of likely N-dealkylation sites (N-methyl/N-ethyl adjacent to an activating group) is 1. The molecule has 1 aromatic rings. The highest BCUT2D eigenvalue weighted by molar-refractivity contribution is 7.09. The lowest BCUT2D eigenvalue weighted by atomic mass is 10.0. The fourth-order valence-electron chi connectivity index (χ4n) is 3.66. The van der Waals surface area contributed by atoms with E-state index >= 15 is 0 Å². The van der Waals surface area contributed by atoms with E-state index in [4.69, 9.17) is 0 Å². The molecule has 0 bridgehead atoms. The number of amides is 1. The van der Waals surface area contributed by atoms with Gasteiger partial charge in [0.05, 0.1) is 23.2 Å². The number of thiazole rings is 1. The monoisotopic (exact) mass is 352 g/mol. The Bertz CT molecular complexity index is 557. The SMILES string of the molecule is Cc1nc(CC(=O)N2CC[C@H](O)[C@@H](N3CCN(C)CC3)CC2)cs1. The molecule has 3 rings (SSSR count). The first kappa shape index (κ1) is 17.8. The van der Waals surface area contributed by atoms with Gasteiger partial charge in [-0.25, -0.2) is 4.98 Å². The quantitative estimate of drug-likeness (QED) is 0.863. The number of carbonyl (C=O) groups excluding carboxylic acids is 1. The highest BCUT2D eigenvalue weighted by Gasteiger charge is 2.32. The molecule has 134 valence electrons. The second-order valence-corrected chi connectivity index (χ2v) is 8.03. The number of hydrogen-bond acceptors (Lipinski definition) is 6. The first-order chi connectivity index (χ1) is 11.5. The van der Waals surface area contributed by atoms with Crippen LogP contribution in [0.4, 0.5) is 0 Å². The summed E-state index contributed by atoms with van der Waals surface area (Å²) in [6.45, 7) is 7.45. The van der Waals surface area contributed by atoms with Crippen molar-refractivity contribution in [1.29, 1.82) is 0 Å². The molecule has 0 unspecified atom stereocenters. The van der Waals surface area contributed by atoms with Gasteiger partial charge < -0.3 is 14.9 Å². The van der Waals surface area contributed by atoms with E-state index < -0.39 is 0 Å². The molecular formula is C17H28N4O2S. The van der Waals surface area contributed by atoms with E-state index in [1.54, 1.807) is 11.3 Å². The fraction of sp³-hybridized carbons (Fsp3) is 0.765. The average molecular weight is 353 g/mol. The van der Waals surface area contributed by atoms with Gasteiger partial charge in [0, 0.05) is 50.7 Å². The highest BCUT2D eigenvalue weighted by atomic mass is 32.1. The average Bonchev–Trinajstić information content (AvgIpc) is 2.86. The van der Waals surface area contributed by atoms with Crippen molar-refractivity contribution < 1.29 is 9.90 Å². The fourth-order valence-corrected chi connectivity index (χ4v) is 4.27. The van der Waals surface area contributed by atoms with Crippen molar-refractivity contribution in [2.45, 2.75) is 38.3 Å². The maximum Gasteiger partial charge on any atom is 0.228 e. The minimum atomic E-state index is -0.340. The second kappa shape index (κ2) is 7.91. The van der Waals surface area contributed by atoms with Crippen molar-refractivity contribution in [3.8, 4) is 0 Å². The summed E-state index contributed by atoms with van der Waals surface area (Å²) in [5.74, 6) is 0.131. The van der Waals surface area contributed by atoms with Crippen LogP contribution in [0.5, 0.6) is 0 Å². The topological polar surface area (TPSA) is 59.9 Å². The van der Waals surface area contributed by atoms with Crippen molar-refractivity contribution in [2.24, 2.45) is 0 Å². The minimum absolute atomic E-state index is 0.131. The molecular weight excluding hydrogens is 324 g/mol. The molecule has 0 saturated carbocycles. The van der Waals surface area contributed by atoms with Crippen molar-refractivity contribution >= 4 is 17.2 Å². The van der Waals surface area contributed by atoms with Crippen LogP contribution in [-0.2, 0) is 11.2 Å². The Balaban J connectivity index is 1.56. The molecule has 1 N–H and O–H groups in total. The number of rotatable bonds is 3. The predicted octanol–water partition coefficient (Wildman–Crippen LogP) is 0.593. The van der Waals surface area contributed by atoms with Crippen LogP contribution in [0.15, 0.2) is 5.38 Å². The second-order valence-electron chi connectivity index (χ2n) is 6.97. The van der Waals surface area contributed by atoms with Gasteiger partial charge in [-0.05, 0) is 26.8 Å². The first-order valence-corrected chi connectivity index (χ1v) is 9.70. The van der Waals surface area contributed by atoms with Crippen LogP contribution in [0.2, 0.25) is 0 Å². The Hall–Kier alpha value is -1.02. The lowest BCUT2D eigenvalue weighted by Gasteiger charge is -2.39. The molecule has 3 heterocycles. The van der Waals surface area contributed by atoms with E-state index in [-0.39, 0.29) is 18.1 Å². The number of nitrogens with zero attached hydrogens (tertiary/aromatic N) is 4. The van der Waals surface area contributed by atoms with E-state index in [2.05, 4.69) is 21.8 Å². The van der Waals surface area contributed by atoms with Crippen molar-refractivity contribution in [2.75, 3.05) is 46.3 Å². The van der Waals surface area contributed by atoms with E-state index in [1.807, 2.05) is 17.2 Å². The predicted molar refractivity (Wildman–Crippen MR) is 95.2 cm³/mol. The molecule has 6 nitrogen and oxygen atoms in total. The summed E-state index contributed by atoms with van der Waals surface area (Å²) in [5.41, 5.74) is 0.864. The Morgan fingerprint density at radius 3 is 2.62 bits per heavy atom. The molecule has 0 aromatic carbocycles. The van der Waals surface area contributed by atoms with Crippen LogP contribution >= 0.6 is 11.3 Å². The lowest BCUT2D eigenvalue weighted by molar-refractivity contribution is -0.130. The van der Waals surface area contributed by atoms with E-state index in [1.165, 1.54) is 0 Å². The van der Waals surface area contributed by atoms with Crippen LogP contribution in [0.3, 0.4) is 0 Å². The zero-order valence-corrected chi connectivity index (χ0v) is 15.5. The van der Waals surface area contributed by atoms with Crippen molar-refractivity contribution in [3.63, 3.8) is 0 Å². The van der Waals surface area contributed by atoms with Gasteiger partial charge in [0.2, 0.25) is 5.91 Å². The Kier molecular flexibility index (Phi) is 5.86. The maximum atomic E-state index is 12.6. The summed E-state index contributed by atoms with van der Waals surface area (Å²) in [7, 11) is 2.14.